The van der Waals surface area contributed by atoms with E-state index in [4.69, 9.17) is 10.2 Å². The van der Waals surface area contributed by atoms with Crippen LogP contribution in [0.25, 0.3) is 0 Å². The summed E-state index contributed by atoms with van der Waals surface area (Å²) in [6, 6.07) is -1.92. The zero-order valence-electron chi connectivity index (χ0n) is 10.4. The van der Waals surface area contributed by atoms with Crippen molar-refractivity contribution in [1.82, 2.24) is 15.5 Å². The van der Waals surface area contributed by atoms with Crippen LogP contribution < -0.4 is 10.6 Å². The normalized spacial score (nSPS) is 14.2. The number of aliphatic hydroxyl groups is 1. The smallest absolute Gasteiger partial charge is 0.328 e. The lowest BCUT2D eigenvalue weighted by Gasteiger charge is -2.18. The molecule has 0 aliphatic heterocycles. The molecular weight excluding hydrogens is 226 g/mol. The number of urea groups is 1. The molecule has 0 heterocycles. The van der Waals surface area contributed by atoms with Gasteiger partial charge in [-0.15, -0.1) is 0 Å². The molecule has 2 atom stereocenters. The highest BCUT2D eigenvalue weighted by Crippen LogP contribution is 1.92. The van der Waals surface area contributed by atoms with Gasteiger partial charge in [0.05, 0.1) is 6.61 Å². The van der Waals surface area contributed by atoms with E-state index in [-0.39, 0.29) is 6.04 Å². The van der Waals surface area contributed by atoms with Crippen LogP contribution in [0.4, 0.5) is 4.79 Å². The lowest BCUT2D eigenvalue weighted by molar-refractivity contribution is -0.140. The number of nitrogens with zero attached hydrogens (tertiary/aromatic N) is 1. The number of carbonyl (C=O) groups excluding carboxylic acids is 1. The minimum atomic E-state index is -1.27. The molecule has 0 saturated carbocycles. The Bertz CT molecular complexity index is 258. The number of nitrogens with one attached hydrogen (secondary N) is 2. The molecule has 0 aliphatic carbocycles. The zero-order valence-corrected chi connectivity index (χ0v) is 10.4. The second-order valence-corrected chi connectivity index (χ2v) is 4.18. The molecule has 7 heteroatoms. The van der Waals surface area contributed by atoms with Crippen molar-refractivity contribution in [3.63, 3.8) is 0 Å². The van der Waals surface area contributed by atoms with E-state index < -0.39 is 24.6 Å². The highest BCUT2D eigenvalue weighted by Gasteiger charge is 2.19. The summed E-state index contributed by atoms with van der Waals surface area (Å²) >= 11 is 0. The molecular formula is C10H21N3O4. The fourth-order valence-electron chi connectivity index (χ4n) is 1.13. The van der Waals surface area contributed by atoms with Crippen molar-refractivity contribution < 1.29 is 19.8 Å². The average molecular weight is 247 g/mol. The molecule has 0 spiro atoms. The Morgan fingerprint density at radius 3 is 2.29 bits per heavy atom. The van der Waals surface area contributed by atoms with Crippen LogP contribution in [0.5, 0.6) is 0 Å². The van der Waals surface area contributed by atoms with E-state index in [0.29, 0.717) is 0 Å². The van der Waals surface area contributed by atoms with Gasteiger partial charge in [-0.3, -0.25) is 0 Å². The van der Waals surface area contributed by atoms with Crippen molar-refractivity contribution >= 4 is 12.0 Å². The van der Waals surface area contributed by atoms with Crippen LogP contribution in [0.3, 0.4) is 0 Å². The van der Waals surface area contributed by atoms with Gasteiger partial charge in [0, 0.05) is 6.04 Å². The number of rotatable bonds is 7. The van der Waals surface area contributed by atoms with Crippen molar-refractivity contribution in [2.75, 3.05) is 27.2 Å². The van der Waals surface area contributed by atoms with Gasteiger partial charge < -0.3 is 25.7 Å². The third-order valence-electron chi connectivity index (χ3n) is 2.17. The second kappa shape index (κ2) is 7.86. The molecule has 0 aromatic carbocycles. The van der Waals surface area contributed by atoms with E-state index in [2.05, 4.69) is 10.6 Å². The van der Waals surface area contributed by atoms with Crippen molar-refractivity contribution in [1.29, 1.82) is 0 Å². The van der Waals surface area contributed by atoms with Gasteiger partial charge in [0.1, 0.15) is 0 Å². The lowest BCUT2D eigenvalue weighted by Crippen LogP contribution is -2.50. The second-order valence-electron chi connectivity index (χ2n) is 4.18. The van der Waals surface area contributed by atoms with Gasteiger partial charge in [0.2, 0.25) is 0 Å². The number of amides is 2. The Kier molecular flexibility index (Phi) is 7.24. The van der Waals surface area contributed by atoms with E-state index in [0.717, 1.165) is 13.0 Å². The summed E-state index contributed by atoms with van der Waals surface area (Å²) in [4.78, 5) is 23.9. The summed E-state index contributed by atoms with van der Waals surface area (Å²) in [5.41, 5.74) is 0. The molecule has 0 fully saturated rings. The van der Waals surface area contributed by atoms with Crippen LogP contribution in [-0.2, 0) is 4.79 Å². The van der Waals surface area contributed by atoms with Gasteiger partial charge in [0.15, 0.2) is 6.04 Å². The average Bonchev–Trinajstić information content (AvgIpc) is 2.22. The number of aliphatic hydroxyl groups excluding tert-OH is 1. The third-order valence-corrected chi connectivity index (χ3v) is 2.17. The Hall–Kier alpha value is -1.34. The first-order valence-corrected chi connectivity index (χ1v) is 5.42. The summed E-state index contributed by atoms with van der Waals surface area (Å²) in [5, 5.41) is 22.1. The molecule has 1 unspecified atom stereocenters. The maximum atomic E-state index is 11.4. The molecule has 4 N–H and O–H groups in total. The molecule has 0 bridgehead atoms. The van der Waals surface area contributed by atoms with E-state index in [1.165, 1.54) is 0 Å². The zero-order chi connectivity index (χ0) is 13.4. The number of carboxylic acids is 1. The molecule has 0 aromatic heterocycles. The summed E-state index contributed by atoms with van der Waals surface area (Å²) < 4.78 is 0. The van der Waals surface area contributed by atoms with Gasteiger partial charge in [-0.05, 0) is 34.0 Å². The minimum Gasteiger partial charge on any atom is -0.480 e. The topological polar surface area (TPSA) is 102 Å². The summed E-state index contributed by atoms with van der Waals surface area (Å²) in [7, 11) is 3.86. The van der Waals surface area contributed by atoms with Gasteiger partial charge in [0.25, 0.3) is 0 Å². The first-order valence-electron chi connectivity index (χ1n) is 5.42. The first kappa shape index (κ1) is 15.7. The van der Waals surface area contributed by atoms with Crippen molar-refractivity contribution in [2.24, 2.45) is 0 Å². The quantitative estimate of drug-likeness (QED) is 0.465. The molecule has 7 nitrogen and oxygen atoms in total. The fraction of sp³-hybridized carbons (Fsp3) is 0.800. The Balaban J connectivity index is 3.95. The molecule has 2 amide bonds. The molecule has 0 saturated heterocycles. The summed E-state index contributed by atoms with van der Waals surface area (Å²) in [6.45, 7) is 2.02. The number of carbonyl (C=O) groups is 2. The maximum absolute atomic E-state index is 11.4. The largest absolute Gasteiger partial charge is 0.480 e. The van der Waals surface area contributed by atoms with Gasteiger partial charge in [-0.1, -0.05) is 0 Å². The van der Waals surface area contributed by atoms with Crippen molar-refractivity contribution in [2.45, 2.75) is 25.4 Å². The van der Waals surface area contributed by atoms with Gasteiger partial charge in [-0.2, -0.15) is 0 Å². The molecule has 0 aromatic rings. The molecule has 17 heavy (non-hydrogen) atoms. The summed E-state index contributed by atoms with van der Waals surface area (Å²) in [6.07, 6.45) is 0.761. The van der Waals surface area contributed by atoms with Crippen LogP contribution in [-0.4, -0.2) is 66.4 Å². The molecule has 0 aliphatic rings. The highest BCUT2D eigenvalue weighted by molar-refractivity contribution is 5.82. The van der Waals surface area contributed by atoms with Crippen LogP contribution >= 0.6 is 0 Å². The highest BCUT2D eigenvalue weighted by atomic mass is 16.4. The molecule has 0 rings (SSSR count). The Morgan fingerprint density at radius 2 is 1.88 bits per heavy atom. The lowest BCUT2D eigenvalue weighted by atomic mass is 10.2. The van der Waals surface area contributed by atoms with Crippen LogP contribution in [0.1, 0.15) is 13.3 Å². The predicted molar refractivity (Wildman–Crippen MR) is 62.8 cm³/mol. The van der Waals surface area contributed by atoms with Crippen LogP contribution in [0.15, 0.2) is 0 Å². The van der Waals surface area contributed by atoms with E-state index in [1.807, 2.05) is 25.9 Å². The van der Waals surface area contributed by atoms with E-state index in [9.17, 15) is 9.59 Å². The molecule has 100 valence electrons. The number of hydrogen-bond donors (Lipinski definition) is 4. The predicted octanol–water partition coefficient (Wildman–Crippen LogP) is -0.929. The summed E-state index contributed by atoms with van der Waals surface area (Å²) in [5.74, 6) is -1.26. The monoisotopic (exact) mass is 247 g/mol. The standard InChI is InChI=1S/C10H21N3O4/c1-7(4-5-13(2)3)11-10(17)12-8(6-14)9(15)16/h7-8,14H,4-6H2,1-3H3,(H,15,16)(H2,11,12,17)/t7?,8-/m0/s1. The van der Waals surface area contributed by atoms with Crippen LogP contribution in [0.2, 0.25) is 0 Å². The van der Waals surface area contributed by atoms with Gasteiger partial charge in [-0.25, -0.2) is 9.59 Å². The van der Waals surface area contributed by atoms with Crippen molar-refractivity contribution in [3.05, 3.63) is 0 Å². The van der Waals surface area contributed by atoms with E-state index >= 15 is 0 Å². The van der Waals surface area contributed by atoms with Gasteiger partial charge >= 0.3 is 12.0 Å². The Labute approximate surface area is 101 Å². The molecule has 0 radical (unpaired) electrons. The minimum absolute atomic E-state index is 0.0643. The first-order chi connectivity index (χ1) is 7.86. The van der Waals surface area contributed by atoms with Crippen LogP contribution in [0, 0.1) is 0 Å². The maximum Gasteiger partial charge on any atom is 0.328 e. The number of carboxylic acid groups (broad SMARTS) is 1. The fourth-order valence-corrected chi connectivity index (χ4v) is 1.13. The number of aliphatic carboxylic acids is 1. The number of hydrogen-bond acceptors (Lipinski definition) is 4. The SMILES string of the molecule is CC(CCN(C)C)NC(=O)N[C@@H](CO)C(=O)O. The third kappa shape index (κ3) is 7.53. The van der Waals surface area contributed by atoms with E-state index in [1.54, 1.807) is 0 Å². The Morgan fingerprint density at radius 1 is 1.29 bits per heavy atom. The van der Waals surface area contributed by atoms with Crippen molar-refractivity contribution in [3.8, 4) is 0 Å².